The predicted octanol–water partition coefficient (Wildman–Crippen LogP) is 3.85. The van der Waals surface area contributed by atoms with Gasteiger partial charge < -0.3 is 19.2 Å². The van der Waals surface area contributed by atoms with E-state index in [1.807, 2.05) is 49.4 Å². The average Bonchev–Trinajstić information content (AvgIpc) is 3.41. The van der Waals surface area contributed by atoms with Gasteiger partial charge in [0.1, 0.15) is 29.9 Å². The highest BCUT2D eigenvalue weighted by molar-refractivity contribution is 5.85. The zero-order valence-corrected chi connectivity index (χ0v) is 17.3. The van der Waals surface area contributed by atoms with Crippen LogP contribution in [0.25, 0.3) is 11.5 Å². The van der Waals surface area contributed by atoms with Crippen molar-refractivity contribution in [1.82, 2.24) is 9.88 Å². The van der Waals surface area contributed by atoms with Crippen LogP contribution in [0, 0.1) is 6.92 Å². The summed E-state index contributed by atoms with van der Waals surface area (Å²) in [6.07, 6.45) is 1.41. The summed E-state index contributed by atoms with van der Waals surface area (Å²) in [6, 6.07) is 16.2. The molecule has 1 unspecified atom stereocenters. The van der Waals surface area contributed by atoms with Crippen molar-refractivity contribution in [3.8, 4) is 17.2 Å². The maximum Gasteiger partial charge on any atom is 0.326 e. The minimum Gasteiger partial charge on any atom is -0.487 e. The van der Waals surface area contributed by atoms with E-state index in [0.29, 0.717) is 30.4 Å². The molecule has 0 saturated carbocycles. The third-order valence-corrected chi connectivity index (χ3v) is 5.43. The first kappa shape index (κ1) is 20.7. The van der Waals surface area contributed by atoms with Crippen molar-refractivity contribution in [1.29, 1.82) is 0 Å². The van der Waals surface area contributed by atoms with Crippen LogP contribution in [-0.4, -0.2) is 39.5 Å². The van der Waals surface area contributed by atoms with Gasteiger partial charge >= 0.3 is 5.97 Å². The maximum atomic E-state index is 12.5. The average molecular weight is 420 g/mol. The number of aryl methyl sites for hydroxylation is 1. The monoisotopic (exact) mass is 420 g/mol. The molecule has 4 rings (SSSR count). The second-order valence-corrected chi connectivity index (χ2v) is 7.58. The van der Waals surface area contributed by atoms with E-state index in [1.54, 1.807) is 12.1 Å². The molecule has 7 nitrogen and oxygen atoms in total. The van der Waals surface area contributed by atoms with Crippen molar-refractivity contribution in [3.05, 3.63) is 71.6 Å². The van der Waals surface area contributed by atoms with E-state index in [0.717, 1.165) is 23.2 Å². The van der Waals surface area contributed by atoms with Crippen LogP contribution in [0.1, 0.15) is 29.9 Å². The van der Waals surface area contributed by atoms with Gasteiger partial charge in [-0.05, 0) is 49.6 Å². The molecule has 0 radical (unpaired) electrons. The summed E-state index contributed by atoms with van der Waals surface area (Å²) in [5.74, 6) is 0.828. The second kappa shape index (κ2) is 9.04. The number of carboxylic acids is 1. The molecule has 1 aliphatic rings. The number of aliphatic carboxylic acids is 1. The van der Waals surface area contributed by atoms with Gasteiger partial charge in [0.15, 0.2) is 0 Å². The smallest absolute Gasteiger partial charge is 0.326 e. The number of hydrogen-bond donors (Lipinski definition) is 1. The molecule has 1 aromatic heterocycles. The van der Waals surface area contributed by atoms with Gasteiger partial charge in [-0.25, -0.2) is 9.78 Å². The summed E-state index contributed by atoms with van der Waals surface area (Å²) in [4.78, 5) is 29.8. The molecule has 31 heavy (non-hydrogen) atoms. The van der Waals surface area contributed by atoms with Gasteiger partial charge in [-0.15, -0.1) is 0 Å². The lowest BCUT2D eigenvalue weighted by molar-refractivity contribution is -0.148. The van der Waals surface area contributed by atoms with Crippen LogP contribution in [0.4, 0.5) is 0 Å². The minimum absolute atomic E-state index is 0.162. The Morgan fingerprint density at radius 1 is 1.16 bits per heavy atom. The number of rotatable bonds is 7. The van der Waals surface area contributed by atoms with Crippen LogP contribution in [0.5, 0.6) is 5.75 Å². The molecule has 160 valence electrons. The Kier molecular flexibility index (Phi) is 6.02. The fourth-order valence-corrected chi connectivity index (χ4v) is 3.72. The number of carbonyl (C=O) groups is 2. The number of benzene rings is 2. The Balaban J connectivity index is 1.35. The van der Waals surface area contributed by atoms with Crippen LogP contribution >= 0.6 is 0 Å². The lowest BCUT2D eigenvalue weighted by atomic mass is 10.1. The molecule has 3 aromatic rings. The first-order valence-electron chi connectivity index (χ1n) is 10.3. The molecule has 0 bridgehead atoms. The summed E-state index contributed by atoms with van der Waals surface area (Å²) >= 11 is 0. The molecule has 1 atom stereocenters. The Hall–Kier alpha value is -3.61. The Morgan fingerprint density at radius 2 is 1.90 bits per heavy atom. The largest absolute Gasteiger partial charge is 0.487 e. The fraction of sp³-hybridized carbons (Fsp3) is 0.292. The molecule has 1 N–H and O–H groups in total. The van der Waals surface area contributed by atoms with E-state index < -0.39 is 12.0 Å². The maximum absolute atomic E-state index is 12.5. The van der Waals surface area contributed by atoms with Gasteiger partial charge in [-0.3, -0.25) is 4.79 Å². The summed E-state index contributed by atoms with van der Waals surface area (Å²) in [6.45, 7) is 2.63. The second-order valence-electron chi connectivity index (χ2n) is 7.58. The molecule has 1 saturated heterocycles. The van der Waals surface area contributed by atoms with E-state index in [-0.39, 0.29) is 18.9 Å². The molecule has 2 heterocycles. The van der Waals surface area contributed by atoms with E-state index in [2.05, 4.69) is 4.98 Å². The third-order valence-electron chi connectivity index (χ3n) is 5.43. The SMILES string of the molecule is Cc1oc(-c2ccccc2)nc1COc1ccc(CC(=O)N2CCCC2C(=O)O)cc1. The Morgan fingerprint density at radius 3 is 2.61 bits per heavy atom. The number of likely N-dealkylation sites (tertiary alicyclic amines) is 1. The lowest BCUT2D eigenvalue weighted by Gasteiger charge is -2.21. The van der Waals surface area contributed by atoms with Crippen molar-refractivity contribution in [2.24, 2.45) is 0 Å². The van der Waals surface area contributed by atoms with Crippen LogP contribution < -0.4 is 4.74 Å². The third kappa shape index (κ3) is 4.77. The number of amides is 1. The van der Waals surface area contributed by atoms with Gasteiger partial charge in [0.2, 0.25) is 11.8 Å². The van der Waals surface area contributed by atoms with Crippen LogP contribution in [-0.2, 0) is 22.6 Å². The minimum atomic E-state index is -0.937. The summed E-state index contributed by atoms with van der Waals surface area (Å²) in [5, 5.41) is 9.25. The summed E-state index contributed by atoms with van der Waals surface area (Å²) in [7, 11) is 0. The summed E-state index contributed by atoms with van der Waals surface area (Å²) < 4.78 is 11.6. The number of ether oxygens (including phenoxy) is 1. The number of carbonyl (C=O) groups excluding carboxylic acids is 1. The number of hydrogen-bond acceptors (Lipinski definition) is 5. The van der Waals surface area contributed by atoms with Crippen molar-refractivity contribution in [3.63, 3.8) is 0 Å². The van der Waals surface area contributed by atoms with E-state index in [4.69, 9.17) is 9.15 Å². The van der Waals surface area contributed by atoms with E-state index in [9.17, 15) is 14.7 Å². The summed E-state index contributed by atoms with van der Waals surface area (Å²) in [5.41, 5.74) is 2.46. The van der Waals surface area contributed by atoms with Gasteiger partial charge in [-0.1, -0.05) is 30.3 Å². The topological polar surface area (TPSA) is 92.9 Å². The van der Waals surface area contributed by atoms with Crippen molar-refractivity contribution >= 4 is 11.9 Å². The molecule has 2 aromatic carbocycles. The zero-order chi connectivity index (χ0) is 21.8. The first-order valence-corrected chi connectivity index (χ1v) is 10.3. The van der Waals surface area contributed by atoms with E-state index >= 15 is 0 Å². The molecule has 1 aliphatic heterocycles. The highest BCUT2D eigenvalue weighted by Gasteiger charge is 2.33. The van der Waals surface area contributed by atoms with Gasteiger partial charge in [0.05, 0.1) is 6.42 Å². The normalized spacial score (nSPS) is 15.8. The molecular weight excluding hydrogens is 396 g/mol. The molecule has 7 heteroatoms. The number of carboxylic acid groups (broad SMARTS) is 1. The lowest BCUT2D eigenvalue weighted by Crippen LogP contribution is -2.41. The highest BCUT2D eigenvalue weighted by atomic mass is 16.5. The highest BCUT2D eigenvalue weighted by Crippen LogP contribution is 2.23. The van der Waals surface area contributed by atoms with Gasteiger partial charge in [0.25, 0.3) is 0 Å². The number of nitrogens with zero attached hydrogens (tertiary/aromatic N) is 2. The molecular formula is C24H24N2O5. The molecule has 0 spiro atoms. The van der Waals surface area contributed by atoms with Crippen LogP contribution in [0.3, 0.4) is 0 Å². The molecule has 1 amide bonds. The number of oxazole rings is 1. The van der Waals surface area contributed by atoms with Crippen LogP contribution in [0.15, 0.2) is 59.0 Å². The van der Waals surface area contributed by atoms with Crippen molar-refractivity contribution in [2.45, 2.75) is 38.8 Å². The Bertz CT molecular complexity index is 1060. The fourth-order valence-electron chi connectivity index (χ4n) is 3.72. The van der Waals surface area contributed by atoms with Crippen molar-refractivity contribution in [2.75, 3.05) is 6.54 Å². The zero-order valence-electron chi connectivity index (χ0n) is 17.3. The van der Waals surface area contributed by atoms with E-state index in [1.165, 1.54) is 4.90 Å². The van der Waals surface area contributed by atoms with Gasteiger partial charge in [0, 0.05) is 12.1 Å². The molecule has 1 fully saturated rings. The first-order chi connectivity index (χ1) is 15.0. The number of aromatic nitrogens is 1. The van der Waals surface area contributed by atoms with Crippen LogP contribution in [0.2, 0.25) is 0 Å². The van der Waals surface area contributed by atoms with Gasteiger partial charge in [-0.2, -0.15) is 0 Å². The quantitative estimate of drug-likeness (QED) is 0.624. The van der Waals surface area contributed by atoms with Crippen molar-refractivity contribution < 1.29 is 23.8 Å². The predicted molar refractivity (Wildman–Crippen MR) is 114 cm³/mol. The molecule has 0 aliphatic carbocycles. The Labute approximate surface area is 180 Å². The standard InChI is InChI=1S/C24H24N2O5/c1-16-20(25-23(31-16)18-6-3-2-4-7-18)15-30-19-11-9-17(10-12-19)14-22(27)26-13-5-8-21(26)24(28)29/h2-4,6-7,9-12,21H,5,8,13-15H2,1H3,(H,28,29).